The van der Waals surface area contributed by atoms with Gasteiger partial charge in [0.2, 0.25) is 5.75 Å². The van der Waals surface area contributed by atoms with E-state index in [1.54, 1.807) is 13.4 Å². The predicted molar refractivity (Wildman–Crippen MR) is 82.6 cm³/mol. The summed E-state index contributed by atoms with van der Waals surface area (Å²) < 4.78 is 5.55. The van der Waals surface area contributed by atoms with E-state index in [1.807, 2.05) is 0 Å². The van der Waals surface area contributed by atoms with Crippen molar-refractivity contribution in [2.24, 2.45) is 5.41 Å². The fraction of sp³-hybridized carbons (Fsp3) is 0.733. The third-order valence-corrected chi connectivity index (χ3v) is 3.97. The Labute approximate surface area is 121 Å². The molecule has 1 aliphatic heterocycles. The van der Waals surface area contributed by atoms with Crippen molar-refractivity contribution in [3.63, 3.8) is 0 Å². The van der Waals surface area contributed by atoms with Crippen molar-refractivity contribution in [2.75, 3.05) is 37.0 Å². The van der Waals surface area contributed by atoms with Crippen molar-refractivity contribution in [1.82, 2.24) is 9.97 Å². The minimum absolute atomic E-state index is 0.416. The minimum Gasteiger partial charge on any atom is -0.490 e. The Hall–Kier alpha value is -1.52. The van der Waals surface area contributed by atoms with E-state index in [0.29, 0.717) is 5.41 Å². The molecule has 1 aromatic heterocycles. The molecular formula is C15H26N4O. The lowest BCUT2D eigenvalue weighted by Gasteiger charge is -2.25. The van der Waals surface area contributed by atoms with Gasteiger partial charge in [0.15, 0.2) is 11.6 Å². The van der Waals surface area contributed by atoms with Crippen LogP contribution in [0, 0.1) is 5.41 Å². The van der Waals surface area contributed by atoms with E-state index < -0.39 is 0 Å². The standard InChI is InChI=1S/C15H26N4O/c1-5-16-13-12(20-4)14(18-11-17-13)19-9-6-7-15(2,3)8-10-19/h11H,5-10H2,1-4H3,(H,16,17,18). The Kier molecular flexibility index (Phi) is 4.68. The van der Waals surface area contributed by atoms with Crippen LogP contribution in [0.15, 0.2) is 6.33 Å². The summed E-state index contributed by atoms with van der Waals surface area (Å²) in [5, 5.41) is 3.24. The third-order valence-electron chi connectivity index (χ3n) is 3.97. The van der Waals surface area contributed by atoms with Crippen LogP contribution < -0.4 is 15.0 Å². The highest BCUT2D eigenvalue weighted by atomic mass is 16.5. The largest absolute Gasteiger partial charge is 0.490 e. The van der Waals surface area contributed by atoms with Gasteiger partial charge in [0, 0.05) is 19.6 Å². The topological polar surface area (TPSA) is 50.3 Å². The maximum atomic E-state index is 5.55. The molecule has 2 heterocycles. The summed E-state index contributed by atoms with van der Waals surface area (Å²) in [6, 6.07) is 0. The number of ether oxygens (including phenoxy) is 1. The second kappa shape index (κ2) is 6.29. The molecule has 1 aliphatic rings. The molecule has 0 amide bonds. The Bertz CT molecular complexity index is 447. The van der Waals surface area contributed by atoms with Gasteiger partial charge >= 0.3 is 0 Å². The van der Waals surface area contributed by atoms with Crippen LogP contribution in [0.4, 0.5) is 11.6 Å². The molecule has 1 fully saturated rings. The van der Waals surface area contributed by atoms with E-state index in [9.17, 15) is 0 Å². The normalized spacial score (nSPS) is 18.5. The number of nitrogens with zero attached hydrogens (tertiary/aromatic N) is 3. The zero-order valence-corrected chi connectivity index (χ0v) is 13.1. The molecule has 0 bridgehead atoms. The number of aromatic nitrogens is 2. The van der Waals surface area contributed by atoms with Gasteiger partial charge in [0.05, 0.1) is 7.11 Å². The molecule has 1 N–H and O–H groups in total. The number of anilines is 2. The molecular weight excluding hydrogens is 252 g/mol. The van der Waals surface area contributed by atoms with E-state index in [4.69, 9.17) is 4.74 Å². The summed E-state index contributed by atoms with van der Waals surface area (Å²) in [6.45, 7) is 9.61. The van der Waals surface area contributed by atoms with Gasteiger partial charge in [-0.05, 0) is 31.6 Å². The van der Waals surface area contributed by atoms with Gasteiger partial charge in [0.1, 0.15) is 6.33 Å². The molecule has 0 radical (unpaired) electrons. The molecule has 112 valence electrons. The quantitative estimate of drug-likeness (QED) is 0.917. The second-order valence-electron chi connectivity index (χ2n) is 6.11. The number of rotatable bonds is 4. The Morgan fingerprint density at radius 3 is 2.80 bits per heavy atom. The molecule has 0 unspecified atom stereocenters. The molecule has 5 nitrogen and oxygen atoms in total. The predicted octanol–water partition coefficient (Wildman–Crippen LogP) is 2.93. The van der Waals surface area contributed by atoms with E-state index >= 15 is 0 Å². The lowest BCUT2D eigenvalue weighted by atomic mass is 9.85. The van der Waals surface area contributed by atoms with Gasteiger partial charge in [0.25, 0.3) is 0 Å². The van der Waals surface area contributed by atoms with Crippen molar-refractivity contribution >= 4 is 11.6 Å². The van der Waals surface area contributed by atoms with E-state index in [0.717, 1.165) is 37.0 Å². The summed E-state index contributed by atoms with van der Waals surface area (Å²) in [5.74, 6) is 2.45. The van der Waals surface area contributed by atoms with Crippen molar-refractivity contribution < 1.29 is 4.74 Å². The average Bonchev–Trinajstić information content (AvgIpc) is 2.60. The van der Waals surface area contributed by atoms with Crippen molar-refractivity contribution in [3.8, 4) is 5.75 Å². The van der Waals surface area contributed by atoms with Crippen LogP contribution in [0.5, 0.6) is 5.75 Å². The van der Waals surface area contributed by atoms with Gasteiger partial charge in [-0.25, -0.2) is 9.97 Å². The molecule has 20 heavy (non-hydrogen) atoms. The third kappa shape index (κ3) is 3.32. The van der Waals surface area contributed by atoms with Crippen LogP contribution in [-0.2, 0) is 0 Å². The fourth-order valence-corrected chi connectivity index (χ4v) is 2.71. The summed E-state index contributed by atoms with van der Waals surface area (Å²) in [7, 11) is 1.69. The van der Waals surface area contributed by atoms with Crippen LogP contribution >= 0.6 is 0 Å². The fourth-order valence-electron chi connectivity index (χ4n) is 2.71. The first-order valence-corrected chi connectivity index (χ1v) is 7.45. The van der Waals surface area contributed by atoms with Gasteiger partial charge < -0.3 is 15.0 Å². The molecule has 2 rings (SSSR count). The Morgan fingerprint density at radius 1 is 1.30 bits per heavy atom. The zero-order chi connectivity index (χ0) is 14.6. The monoisotopic (exact) mass is 278 g/mol. The molecule has 0 aliphatic carbocycles. The zero-order valence-electron chi connectivity index (χ0n) is 13.1. The summed E-state index contributed by atoms with van der Waals surface area (Å²) in [5.41, 5.74) is 0.416. The lowest BCUT2D eigenvalue weighted by molar-refractivity contribution is 0.325. The van der Waals surface area contributed by atoms with Crippen LogP contribution in [0.3, 0.4) is 0 Å². The SMILES string of the molecule is CCNc1ncnc(N2CCCC(C)(C)CC2)c1OC. The molecule has 0 aromatic carbocycles. The van der Waals surface area contributed by atoms with Crippen LogP contribution in [-0.4, -0.2) is 36.7 Å². The molecule has 5 heteroatoms. The van der Waals surface area contributed by atoms with Crippen LogP contribution in [0.1, 0.15) is 40.0 Å². The van der Waals surface area contributed by atoms with E-state index in [2.05, 4.69) is 41.0 Å². The van der Waals surface area contributed by atoms with E-state index in [1.165, 1.54) is 19.3 Å². The first kappa shape index (κ1) is 14.9. The Morgan fingerprint density at radius 2 is 2.10 bits per heavy atom. The molecule has 0 saturated carbocycles. The summed E-state index contributed by atoms with van der Waals surface area (Å²) in [6.07, 6.45) is 5.25. The highest BCUT2D eigenvalue weighted by Gasteiger charge is 2.26. The van der Waals surface area contributed by atoms with Crippen molar-refractivity contribution in [2.45, 2.75) is 40.0 Å². The Balaban J connectivity index is 2.25. The van der Waals surface area contributed by atoms with Crippen molar-refractivity contribution in [1.29, 1.82) is 0 Å². The maximum Gasteiger partial charge on any atom is 0.204 e. The summed E-state index contributed by atoms with van der Waals surface area (Å²) in [4.78, 5) is 11.1. The van der Waals surface area contributed by atoms with Crippen LogP contribution in [0.25, 0.3) is 0 Å². The lowest BCUT2D eigenvalue weighted by Crippen LogP contribution is -2.27. The van der Waals surface area contributed by atoms with Crippen LogP contribution in [0.2, 0.25) is 0 Å². The molecule has 0 atom stereocenters. The first-order valence-electron chi connectivity index (χ1n) is 7.45. The highest BCUT2D eigenvalue weighted by Crippen LogP contribution is 2.36. The van der Waals surface area contributed by atoms with Gasteiger partial charge in [-0.15, -0.1) is 0 Å². The van der Waals surface area contributed by atoms with Gasteiger partial charge in [-0.3, -0.25) is 0 Å². The van der Waals surface area contributed by atoms with Crippen molar-refractivity contribution in [3.05, 3.63) is 6.33 Å². The summed E-state index contributed by atoms with van der Waals surface area (Å²) >= 11 is 0. The van der Waals surface area contributed by atoms with Gasteiger partial charge in [-0.2, -0.15) is 0 Å². The second-order valence-corrected chi connectivity index (χ2v) is 6.11. The smallest absolute Gasteiger partial charge is 0.204 e. The maximum absolute atomic E-state index is 5.55. The first-order chi connectivity index (χ1) is 9.57. The average molecular weight is 278 g/mol. The number of hydrogen-bond acceptors (Lipinski definition) is 5. The number of methoxy groups -OCH3 is 1. The van der Waals surface area contributed by atoms with Gasteiger partial charge in [-0.1, -0.05) is 13.8 Å². The highest BCUT2D eigenvalue weighted by molar-refractivity contribution is 5.64. The number of nitrogens with one attached hydrogen (secondary N) is 1. The minimum atomic E-state index is 0.416. The molecule has 1 saturated heterocycles. The number of hydrogen-bond donors (Lipinski definition) is 1. The molecule has 0 spiro atoms. The molecule has 1 aromatic rings. The van der Waals surface area contributed by atoms with E-state index in [-0.39, 0.29) is 0 Å².